The first-order chi connectivity index (χ1) is 10.0. The van der Waals surface area contributed by atoms with Crippen LogP contribution in [0.25, 0.3) is 0 Å². The molecule has 2 rings (SSSR count). The molecule has 0 unspecified atom stereocenters. The summed E-state index contributed by atoms with van der Waals surface area (Å²) in [5, 5.41) is 7.31. The Morgan fingerprint density at radius 2 is 1.95 bits per heavy atom. The maximum absolute atomic E-state index is 11.5. The minimum atomic E-state index is -2.83. The first-order valence-corrected chi connectivity index (χ1v) is 10.2. The predicted octanol–water partition coefficient (Wildman–Crippen LogP) is 2.01. The number of aromatic nitrogens is 2. The number of anilines is 2. The van der Waals surface area contributed by atoms with Gasteiger partial charge in [-0.25, -0.2) is 18.4 Å². The van der Waals surface area contributed by atoms with Crippen molar-refractivity contribution in [1.29, 1.82) is 0 Å². The van der Waals surface area contributed by atoms with Crippen LogP contribution in [-0.2, 0) is 9.84 Å². The van der Waals surface area contributed by atoms with E-state index in [4.69, 9.17) is 0 Å². The first kappa shape index (κ1) is 16.4. The van der Waals surface area contributed by atoms with Gasteiger partial charge in [0.1, 0.15) is 21.5 Å². The van der Waals surface area contributed by atoms with E-state index in [0.717, 1.165) is 24.6 Å². The van der Waals surface area contributed by atoms with Crippen molar-refractivity contribution >= 4 is 33.2 Å². The van der Waals surface area contributed by atoms with Crippen LogP contribution in [0.3, 0.4) is 0 Å². The molecule has 1 saturated heterocycles. The number of rotatable bonds is 6. The lowest BCUT2D eigenvalue weighted by Crippen LogP contribution is -2.32. The van der Waals surface area contributed by atoms with Crippen molar-refractivity contribution in [3.05, 3.63) is 6.07 Å². The van der Waals surface area contributed by atoms with Crippen molar-refractivity contribution in [2.45, 2.75) is 37.4 Å². The van der Waals surface area contributed by atoms with E-state index in [1.54, 1.807) is 0 Å². The largest absolute Gasteiger partial charge is 0.370 e. The third-order valence-electron chi connectivity index (χ3n) is 3.35. The molecule has 2 heterocycles. The molecule has 0 amide bonds. The zero-order valence-electron chi connectivity index (χ0n) is 12.4. The topological polar surface area (TPSA) is 84.0 Å². The molecular formula is C13H22N4O2S2. The SMILES string of the molecule is CCCNc1cc(NC2CCS(=O)(=O)CC2)nc(SC)n1. The number of nitrogens with zero attached hydrogens (tertiary/aromatic N) is 2. The van der Waals surface area contributed by atoms with Gasteiger partial charge in [0.2, 0.25) is 0 Å². The molecule has 0 bridgehead atoms. The molecule has 0 saturated carbocycles. The van der Waals surface area contributed by atoms with Crippen LogP contribution in [0.5, 0.6) is 0 Å². The molecule has 1 aliphatic rings. The van der Waals surface area contributed by atoms with Crippen LogP contribution in [0.4, 0.5) is 11.6 Å². The maximum atomic E-state index is 11.5. The molecule has 0 atom stereocenters. The highest BCUT2D eigenvalue weighted by Crippen LogP contribution is 2.21. The molecule has 21 heavy (non-hydrogen) atoms. The average molecular weight is 330 g/mol. The summed E-state index contributed by atoms with van der Waals surface area (Å²) in [5.74, 6) is 2.08. The minimum absolute atomic E-state index is 0.164. The number of hydrogen-bond acceptors (Lipinski definition) is 7. The Kier molecular flexibility index (Phi) is 5.69. The fourth-order valence-electron chi connectivity index (χ4n) is 2.18. The highest BCUT2D eigenvalue weighted by Gasteiger charge is 2.23. The van der Waals surface area contributed by atoms with E-state index in [1.165, 1.54) is 11.8 Å². The molecule has 0 spiro atoms. The van der Waals surface area contributed by atoms with Gasteiger partial charge in [-0.15, -0.1) is 0 Å². The van der Waals surface area contributed by atoms with Gasteiger partial charge >= 0.3 is 0 Å². The van der Waals surface area contributed by atoms with Gasteiger partial charge < -0.3 is 10.6 Å². The Morgan fingerprint density at radius 1 is 1.29 bits per heavy atom. The fourth-order valence-corrected chi connectivity index (χ4v) is 4.05. The summed E-state index contributed by atoms with van der Waals surface area (Å²) in [7, 11) is -2.83. The summed E-state index contributed by atoms with van der Waals surface area (Å²) in [6.45, 7) is 2.97. The van der Waals surface area contributed by atoms with Crippen LogP contribution in [0, 0.1) is 0 Å². The summed E-state index contributed by atoms with van der Waals surface area (Å²) in [5.41, 5.74) is 0. The lowest BCUT2D eigenvalue weighted by Gasteiger charge is -2.23. The fraction of sp³-hybridized carbons (Fsp3) is 0.692. The van der Waals surface area contributed by atoms with Crippen LogP contribution in [-0.4, -0.2) is 48.7 Å². The number of sulfone groups is 1. The second kappa shape index (κ2) is 7.31. The first-order valence-electron chi connectivity index (χ1n) is 7.16. The minimum Gasteiger partial charge on any atom is -0.370 e. The van der Waals surface area contributed by atoms with Gasteiger partial charge in [-0.2, -0.15) is 0 Å². The van der Waals surface area contributed by atoms with Gasteiger partial charge in [-0.1, -0.05) is 18.7 Å². The van der Waals surface area contributed by atoms with Crippen molar-refractivity contribution in [3.8, 4) is 0 Å². The van der Waals surface area contributed by atoms with Gasteiger partial charge in [0.15, 0.2) is 5.16 Å². The highest BCUT2D eigenvalue weighted by atomic mass is 32.2. The van der Waals surface area contributed by atoms with Crippen LogP contribution in [0.15, 0.2) is 11.2 Å². The van der Waals surface area contributed by atoms with Gasteiger partial charge in [0, 0.05) is 18.7 Å². The van der Waals surface area contributed by atoms with E-state index >= 15 is 0 Å². The van der Waals surface area contributed by atoms with Crippen molar-refractivity contribution in [1.82, 2.24) is 9.97 Å². The van der Waals surface area contributed by atoms with Gasteiger partial charge in [-0.05, 0) is 25.5 Å². The summed E-state index contributed by atoms with van der Waals surface area (Å²) in [6.07, 6.45) is 4.25. The van der Waals surface area contributed by atoms with Crippen molar-refractivity contribution in [3.63, 3.8) is 0 Å². The summed E-state index contributed by atoms with van der Waals surface area (Å²) in [4.78, 5) is 8.85. The molecule has 0 radical (unpaired) electrons. The van der Waals surface area contributed by atoms with Crippen LogP contribution in [0.1, 0.15) is 26.2 Å². The Morgan fingerprint density at radius 3 is 2.57 bits per heavy atom. The summed E-state index contributed by atoms with van der Waals surface area (Å²) < 4.78 is 22.9. The van der Waals surface area contributed by atoms with E-state index < -0.39 is 9.84 Å². The van der Waals surface area contributed by atoms with E-state index in [1.807, 2.05) is 12.3 Å². The Balaban J connectivity index is 2.05. The molecule has 1 aliphatic heterocycles. The van der Waals surface area contributed by atoms with Crippen molar-refractivity contribution in [2.24, 2.45) is 0 Å². The third-order valence-corrected chi connectivity index (χ3v) is 5.61. The molecule has 1 aromatic rings. The maximum Gasteiger partial charge on any atom is 0.191 e. The molecular weight excluding hydrogens is 308 g/mol. The molecule has 8 heteroatoms. The van der Waals surface area contributed by atoms with Crippen LogP contribution < -0.4 is 10.6 Å². The number of nitrogens with one attached hydrogen (secondary N) is 2. The standard InChI is InChI=1S/C13H22N4O2S2/c1-3-6-14-11-9-12(17-13(16-11)20-2)15-10-4-7-21(18,19)8-5-10/h9-10H,3-8H2,1-2H3,(H2,14,15,16,17). The lowest BCUT2D eigenvalue weighted by molar-refractivity contribution is 0.558. The summed E-state index contributed by atoms with van der Waals surface area (Å²) >= 11 is 1.49. The Hall–Kier alpha value is -1.02. The smallest absolute Gasteiger partial charge is 0.191 e. The number of hydrogen-bond donors (Lipinski definition) is 2. The normalized spacial score (nSPS) is 18.4. The highest BCUT2D eigenvalue weighted by molar-refractivity contribution is 7.98. The molecule has 0 aromatic carbocycles. The average Bonchev–Trinajstić information content (AvgIpc) is 2.47. The third kappa shape index (κ3) is 5.03. The zero-order chi connectivity index (χ0) is 15.3. The van der Waals surface area contributed by atoms with E-state index in [2.05, 4.69) is 27.5 Å². The molecule has 1 aromatic heterocycles. The quantitative estimate of drug-likeness (QED) is 0.609. The molecule has 0 aliphatic carbocycles. The second-order valence-electron chi connectivity index (χ2n) is 5.12. The molecule has 6 nitrogen and oxygen atoms in total. The Bertz CT molecular complexity index is 564. The monoisotopic (exact) mass is 330 g/mol. The predicted molar refractivity (Wildman–Crippen MR) is 87.9 cm³/mol. The number of thioether (sulfide) groups is 1. The molecule has 118 valence electrons. The summed E-state index contributed by atoms with van der Waals surface area (Å²) in [6, 6.07) is 2.05. The van der Waals surface area contributed by atoms with Gasteiger partial charge in [0.05, 0.1) is 11.5 Å². The lowest BCUT2D eigenvalue weighted by atomic mass is 10.1. The van der Waals surface area contributed by atoms with Gasteiger partial charge in [0.25, 0.3) is 0 Å². The van der Waals surface area contributed by atoms with Crippen LogP contribution >= 0.6 is 11.8 Å². The Labute approximate surface area is 130 Å². The van der Waals surface area contributed by atoms with Gasteiger partial charge in [-0.3, -0.25) is 0 Å². The molecule has 1 fully saturated rings. The molecule has 2 N–H and O–H groups in total. The van der Waals surface area contributed by atoms with Crippen molar-refractivity contribution in [2.75, 3.05) is 34.9 Å². The van der Waals surface area contributed by atoms with Crippen molar-refractivity contribution < 1.29 is 8.42 Å². The van der Waals surface area contributed by atoms with E-state index in [0.29, 0.717) is 18.0 Å². The second-order valence-corrected chi connectivity index (χ2v) is 8.20. The van der Waals surface area contributed by atoms with Crippen LogP contribution in [0.2, 0.25) is 0 Å². The van der Waals surface area contributed by atoms with E-state index in [-0.39, 0.29) is 17.5 Å². The zero-order valence-corrected chi connectivity index (χ0v) is 14.1. The van der Waals surface area contributed by atoms with E-state index in [9.17, 15) is 8.42 Å².